The fraction of sp³-hybridized carbons (Fsp3) is 0.222. The van der Waals surface area contributed by atoms with Gasteiger partial charge in [0.15, 0.2) is 0 Å². The Bertz CT molecular complexity index is 1410. The van der Waals surface area contributed by atoms with Gasteiger partial charge in [-0.3, -0.25) is 5.32 Å². The maximum atomic E-state index is 14.0. The zero-order valence-corrected chi connectivity index (χ0v) is 20.1. The molecule has 0 aliphatic heterocycles. The number of ether oxygens (including phenoxy) is 1. The summed E-state index contributed by atoms with van der Waals surface area (Å²) < 4.78 is 20.9. The highest BCUT2D eigenvalue weighted by Gasteiger charge is 2.23. The third-order valence-corrected chi connectivity index (χ3v) is 5.43. The van der Waals surface area contributed by atoms with E-state index in [0.717, 1.165) is 16.5 Å². The van der Waals surface area contributed by atoms with Crippen molar-refractivity contribution in [3.63, 3.8) is 0 Å². The molecule has 1 aromatic heterocycles. The number of hydrogen-bond acceptors (Lipinski definition) is 4. The molecule has 2 amide bonds. The summed E-state index contributed by atoms with van der Waals surface area (Å²) in [7, 11) is 0. The fourth-order valence-corrected chi connectivity index (χ4v) is 3.66. The molecule has 0 fully saturated rings. The van der Waals surface area contributed by atoms with Crippen LogP contribution >= 0.6 is 0 Å². The number of hydrogen-bond donors (Lipinski definition) is 2. The van der Waals surface area contributed by atoms with E-state index in [0.29, 0.717) is 17.1 Å². The number of nitrogens with one attached hydrogen (secondary N) is 2. The van der Waals surface area contributed by atoms with Crippen LogP contribution in [0.15, 0.2) is 66.7 Å². The Morgan fingerprint density at radius 3 is 2.43 bits per heavy atom. The lowest BCUT2D eigenvalue weighted by molar-refractivity contribution is 0.0528. The molecule has 0 aliphatic rings. The number of urea groups is 1. The molecule has 1 heterocycles. The number of carbonyl (C=O) groups excluding carboxylic acids is 2. The van der Waals surface area contributed by atoms with Crippen molar-refractivity contribution in [2.45, 2.75) is 33.1 Å². The van der Waals surface area contributed by atoms with Crippen LogP contribution in [0.3, 0.4) is 0 Å². The Hall–Kier alpha value is -4.20. The molecule has 0 bridgehead atoms. The lowest BCUT2D eigenvalue weighted by Gasteiger charge is -2.15. The zero-order valence-electron chi connectivity index (χ0n) is 20.1. The summed E-state index contributed by atoms with van der Waals surface area (Å²) in [6.45, 7) is 8.02. The van der Waals surface area contributed by atoms with Crippen LogP contribution in [0, 0.1) is 5.82 Å². The molecule has 0 unspecified atom stereocenters. The average molecular weight is 475 g/mol. The average Bonchev–Trinajstić information content (AvgIpc) is 3.24. The smallest absolute Gasteiger partial charge is 0.338 e. The molecule has 4 rings (SSSR count). The molecular formula is C27H27FN4O3. The van der Waals surface area contributed by atoms with Gasteiger partial charge in [0.2, 0.25) is 0 Å². The summed E-state index contributed by atoms with van der Waals surface area (Å²) in [6.07, 6.45) is 0. The predicted molar refractivity (Wildman–Crippen MR) is 135 cm³/mol. The van der Waals surface area contributed by atoms with Crippen molar-refractivity contribution in [2.24, 2.45) is 0 Å². The third-order valence-electron chi connectivity index (χ3n) is 5.43. The van der Waals surface area contributed by atoms with E-state index in [9.17, 15) is 14.0 Å². The topological polar surface area (TPSA) is 85.2 Å². The number of benzene rings is 3. The number of aromatic nitrogens is 2. The van der Waals surface area contributed by atoms with Crippen molar-refractivity contribution < 1.29 is 18.7 Å². The summed E-state index contributed by atoms with van der Waals surface area (Å²) in [5, 5.41) is 11.6. The molecule has 0 radical (unpaired) electrons. The molecule has 0 spiro atoms. The SMILES string of the molecule is CCOC(=O)c1cc(-n2nc(C(C)(C)C)cc2NC(=O)Nc2ccccc2F)cc2ccccc12. The molecule has 2 N–H and O–H groups in total. The van der Waals surface area contributed by atoms with E-state index < -0.39 is 17.8 Å². The summed E-state index contributed by atoms with van der Waals surface area (Å²) in [6, 6.07) is 18.1. The molecule has 7 nitrogen and oxygen atoms in total. The molecule has 0 saturated heterocycles. The fourth-order valence-electron chi connectivity index (χ4n) is 3.66. The van der Waals surface area contributed by atoms with Gasteiger partial charge in [-0.1, -0.05) is 57.2 Å². The Balaban J connectivity index is 1.79. The largest absolute Gasteiger partial charge is 0.462 e. The number of esters is 1. The van der Waals surface area contributed by atoms with Crippen molar-refractivity contribution in [1.29, 1.82) is 0 Å². The van der Waals surface area contributed by atoms with E-state index in [1.165, 1.54) is 12.1 Å². The summed E-state index contributed by atoms with van der Waals surface area (Å²) in [5.74, 6) is -0.616. The van der Waals surface area contributed by atoms with Crippen molar-refractivity contribution in [3.05, 3.63) is 83.8 Å². The van der Waals surface area contributed by atoms with Crippen molar-refractivity contribution in [1.82, 2.24) is 9.78 Å². The number of carbonyl (C=O) groups is 2. The minimum Gasteiger partial charge on any atom is -0.462 e. The molecule has 180 valence electrons. The van der Waals surface area contributed by atoms with E-state index in [2.05, 4.69) is 10.6 Å². The monoisotopic (exact) mass is 474 g/mol. The number of nitrogens with zero attached hydrogens (tertiary/aromatic N) is 2. The van der Waals surface area contributed by atoms with Crippen LogP contribution in [0.2, 0.25) is 0 Å². The van der Waals surface area contributed by atoms with E-state index in [-0.39, 0.29) is 17.7 Å². The van der Waals surface area contributed by atoms with Gasteiger partial charge in [0, 0.05) is 11.5 Å². The predicted octanol–water partition coefficient (Wildman–Crippen LogP) is 6.28. The summed E-state index contributed by atoms with van der Waals surface area (Å²) in [4.78, 5) is 25.5. The van der Waals surface area contributed by atoms with E-state index in [1.807, 2.05) is 51.1 Å². The van der Waals surface area contributed by atoms with Crippen LogP contribution in [-0.4, -0.2) is 28.4 Å². The highest BCUT2D eigenvalue weighted by Crippen LogP contribution is 2.30. The van der Waals surface area contributed by atoms with Crippen LogP contribution in [0.4, 0.5) is 20.7 Å². The van der Waals surface area contributed by atoms with Gasteiger partial charge in [0.1, 0.15) is 11.6 Å². The van der Waals surface area contributed by atoms with Crippen LogP contribution in [0.5, 0.6) is 0 Å². The normalized spacial score (nSPS) is 11.3. The first-order valence-electron chi connectivity index (χ1n) is 11.3. The van der Waals surface area contributed by atoms with Crippen LogP contribution in [0.1, 0.15) is 43.7 Å². The first-order chi connectivity index (χ1) is 16.7. The first kappa shape index (κ1) is 23.9. The van der Waals surface area contributed by atoms with E-state index in [1.54, 1.807) is 35.9 Å². The molecule has 0 atom stereocenters. The van der Waals surface area contributed by atoms with Gasteiger partial charge in [-0.2, -0.15) is 5.10 Å². The third kappa shape index (κ3) is 5.16. The molecular weight excluding hydrogens is 447 g/mol. The van der Waals surface area contributed by atoms with Crippen LogP contribution in [0.25, 0.3) is 16.5 Å². The second-order valence-corrected chi connectivity index (χ2v) is 9.07. The van der Waals surface area contributed by atoms with Gasteiger partial charge in [-0.15, -0.1) is 0 Å². The molecule has 8 heteroatoms. The maximum absolute atomic E-state index is 14.0. The first-order valence-corrected chi connectivity index (χ1v) is 11.3. The minimum absolute atomic E-state index is 0.0578. The Morgan fingerprint density at radius 2 is 1.71 bits per heavy atom. The number of amides is 2. The molecule has 0 saturated carbocycles. The van der Waals surface area contributed by atoms with E-state index in [4.69, 9.17) is 9.84 Å². The molecule has 35 heavy (non-hydrogen) atoms. The highest BCUT2D eigenvalue weighted by molar-refractivity contribution is 6.05. The Kier molecular flexibility index (Phi) is 6.55. The van der Waals surface area contributed by atoms with Gasteiger partial charge in [0.05, 0.1) is 29.2 Å². The van der Waals surface area contributed by atoms with Crippen LogP contribution < -0.4 is 10.6 Å². The van der Waals surface area contributed by atoms with Crippen molar-refractivity contribution >= 4 is 34.3 Å². The summed E-state index contributed by atoms with van der Waals surface area (Å²) in [5.41, 5.74) is 1.44. The number of anilines is 2. The Morgan fingerprint density at radius 1 is 1.00 bits per heavy atom. The second kappa shape index (κ2) is 9.58. The number of halogens is 1. The standard InChI is InChI=1S/C27H27FN4O3/c1-5-35-25(33)20-15-18(14-17-10-6-7-11-19(17)20)32-24(16-23(31-32)27(2,3)4)30-26(34)29-22-13-9-8-12-21(22)28/h6-16H,5H2,1-4H3,(H2,29,30,34). The van der Waals surface area contributed by atoms with Gasteiger partial charge >= 0.3 is 12.0 Å². The maximum Gasteiger partial charge on any atom is 0.338 e. The van der Waals surface area contributed by atoms with E-state index >= 15 is 0 Å². The number of rotatable bonds is 5. The summed E-state index contributed by atoms with van der Waals surface area (Å²) >= 11 is 0. The Labute approximate surface area is 202 Å². The quantitative estimate of drug-likeness (QED) is 0.333. The lowest BCUT2D eigenvalue weighted by atomic mass is 9.92. The van der Waals surface area contributed by atoms with Gasteiger partial charge in [-0.25, -0.2) is 18.7 Å². The van der Waals surface area contributed by atoms with Gasteiger partial charge < -0.3 is 10.1 Å². The van der Waals surface area contributed by atoms with Crippen molar-refractivity contribution in [2.75, 3.05) is 17.2 Å². The number of para-hydroxylation sites is 1. The zero-order chi connectivity index (χ0) is 25.2. The molecule has 3 aromatic carbocycles. The van der Waals surface area contributed by atoms with Gasteiger partial charge in [-0.05, 0) is 42.0 Å². The molecule has 0 aliphatic carbocycles. The number of fused-ring (bicyclic) bond motifs is 1. The molecule has 4 aromatic rings. The van der Waals surface area contributed by atoms with Crippen LogP contribution in [-0.2, 0) is 10.2 Å². The van der Waals surface area contributed by atoms with Gasteiger partial charge in [0.25, 0.3) is 0 Å². The lowest BCUT2D eigenvalue weighted by Crippen LogP contribution is -2.22. The van der Waals surface area contributed by atoms with Crippen molar-refractivity contribution in [3.8, 4) is 5.69 Å². The highest BCUT2D eigenvalue weighted by atomic mass is 19.1. The minimum atomic E-state index is -0.622. The second-order valence-electron chi connectivity index (χ2n) is 9.07.